The van der Waals surface area contributed by atoms with Gasteiger partial charge < -0.3 is 15.8 Å². The number of amides is 1. The number of hydrogen-bond acceptors (Lipinski definition) is 4. The van der Waals surface area contributed by atoms with E-state index < -0.39 is 0 Å². The van der Waals surface area contributed by atoms with Crippen LogP contribution in [0, 0.1) is 0 Å². The van der Waals surface area contributed by atoms with Crippen LogP contribution < -0.4 is 15.8 Å². The molecule has 3 N–H and O–H groups in total. The molecule has 0 aliphatic rings. The smallest absolute Gasteiger partial charge is 0.261 e. The maximum Gasteiger partial charge on any atom is 0.261 e. The number of ether oxygens (including phenoxy) is 1. The molecule has 0 unspecified atom stereocenters. The van der Waals surface area contributed by atoms with Crippen molar-refractivity contribution in [3.8, 4) is 5.75 Å². The van der Waals surface area contributed by atoms with Crippen molar-refractivity contribution in [2.75, 3.05) is 18.2 Å². The second kappa shape index (κ2) is 5.58. The Balaban J connectivity index is 2.30. The molecule has 2 aromatic rings. The van der Waals surface area contributed by atoms with E-state index in [0.29, 0.717) is 22.3 Å². The van der Waals surface area contributed by atoms with Gasteiger partial charge in [-0.15, -0.1) is 0 Å². The third-order valence-electron chi connectivity index (χ3n) is 2.49. The molecule has 1 amide bonds. The van der Waals surface area contributed by atoms with Gasteiger partial charge in [-0.2, -0.15) is 0 Å². The van der Waals surface area contributed by atoms with Gasteiger partial charge in [0.05, 0.1) is 7.11 Å². The van der Waals surface area contributed by atoms with Gasteiger partial charge in [-0.05, 0) is 24.3 Å². The maximum absolute atomic E-state index is 12.2. The number of pyridine rings is 1. The summed E-state index contributed by atoms with van der Waals surface area (Å²) in [7, 11) is 1.48. The minimum atomic E-state index is -0.364. The first-order valence-electron chi connectivity index (χ1n) is 5.47. The first kappa shape index (κ1) is 13.2. The van der Waals surface area contributed by atoms with Crippen LogP contribution in [0.1, 0.15) is 10.4 Å². The fourth-order valence-electron chi connectivity index (χ4n) is 1.64. The number of nitrogen functional groups attached to an aromatic ring is 1. The number of anilines is 2. The van der Waals surface area contributed by atoms with Gasteiger partial charge in [0, 0.05) is 17.6 Å². The monoisotopic (exact) mass is 277 g/mol. The molecule has 0 fully saturated rings. The average Bonchev–Trinajstić information content (AvgIpc) is 2.38. The summed E-state index contributed by atoms with van der Waals surface area (Å²) in [6, 6.07) is 8.20. The minimum absolute atomic E-state index is 0.290. The Morgan fingerprint density at radius 1 is 1.42 bits per heavy atom. The van der Waals surface area contributed by atoms with Crippen LogP contribution in [0.3, 0.4) is 0 Å². The maximum atomic E-state index is 12.2. The summed E-state index contributed by atoms with van der Waals surface area (Å²) in [4.78, 5) is 16.0. The highest BCUT2D eigenvalue weighted by Crippen LogP contribution is 2.25. The van der Waals surface area contributed by atoms with Crippen molar-refractivity contribution in [1.82, 2.24) is 4.98 Å². The molecule has 5 nitrogen and oxygen atoms in total. The zero-order chi connectivity index (χ0) is 13.8. The topological polar surface area (TPSA) is 77.2 Å². The van der Waals surface area contributed by atoms with E-state index in [1.54, 1.807) is 30.3 Å². The Hall–Kier alpha value is -2.27. The molecule has 0 aliphatic carbocycles. The van der Waals surface area contributed by atoms with Gasteiger partial charge in [-0.1, -0.05) is 17.7 Å². The number of rotatable bonds is 3. The van der Waals surface area contributed by atoms with Crippen LogP contribution in [0.15, 0.2) is 36.5 Å². The zero-order valence-electron chi connectivity index (χ0n) is 10.2. The summed E-state index contributed by atoms with van der Waals surface area (Å²) in [6.45, 7) is 0. The highest BCUT2D eigenvalue weighted by Gasteiger charge is 2.15. The van der Waals surface area contributed by atoms with Crippen LogP contribution in [-0.4, -0.2) is 18.0 Å². The number of nitrogens with one attached hydrogen (secondary N) is 1. The van der Waals surface area contributed by atoms with E-state index in [0.717, 1.165) is 0 Å². The minimum Gasteiger partial charge on any atom is -0.496 e. The fourth-order valence-corrected chi connectivity index (χ4v) is 1.81. The Bertz CT molecular complexity index is 617. The molecule has 0 radical (unpaired) electrons. The van der Waals surface area contributed by atoms with Gasteiger partial charge in [-0.25, -0.2) is 4.98 Å². The van der Waals surface area contributed by atoms with Crippen LogP contribution in [0.5, 0.6) is 5.75 Å². The van der Waals surface area contributed by atoms with Crippen LogP contribution in [0.2, 0.25) is 5.15 Å². The van der Waals surface area contributed by atoms with Gasteiger partial charge >= 0.3 is 0 Å². The molecule has 98 valence electrons. The van der Waals surface area contributed by atoms with Crippen molar-refractivity contribution in [3.63, 3.8) is 0 Å². The molecule has 1 heterocycles. The quantitative estimate of drug-likeness (QED) is 0.668. The molecule has 6 heteroatoms. The van der Waals surface area contributed by atoms with Crippen LogP contribution in [0.25, 0.3) is 0 Å². The normalized spacial score (nSPS) is 10.0. The number of halogens is 1. The van der Waals surface area contributed by atoms with Gasteiger partial charge in [0.1, 0.15) is 16.5 Å². The number of hydrogen-bond donors (Lipinski definition) is 2. The first-order chi connectivity index (χ1) is 9.11. The third-order valence-corrected chi connectivity index (χ3v) is 2.70. The summed E-state index contributed by atoms with van der Waals surface area (Å²) in [6.07, 6.45) is 1.50. The van der Waals surface area contributed by atoms with E-state index in [1.165, 1.54) is 13.3 Å². The summed E-state index contributed by atoms with van der Waals surface area (Å²) in [5.41, 5.74) is 6.97. The molecule has 0 saturated carbocycles. The van der Waals surface area contributed by atoms with Crippen molar-refractivity contribution in [2.45, 2.75) is 0 Å². The molecule has 1 aromatic carbocycles. The lowest BCUT2D eigenvalue weighted by Gasteiger charge is -2.11. The van der Waals surface area contributed by atoms with E-state index in [-0.39, 0.29) is 11.5 Å². The predicted molar refractivity (Wildman–Crippen MR) is 74.6 cm³/mol. The molecule has 0 bridgehead atoms. The first-order valence-corrected chi connectivity index (χ1v) is 5.85. The molecule has 0 atom stereocenters. The Kier molecular flexibility index (Phi) is 3.87. The molecule has 0 saturated heterocycles. The largest absolute Gasteiger partial charge is 0.496 e. The highest BCUT2D eigenvalue weighted by atomic mass is 35.5. The van der Waals surface area contributed by atoms with Crippen molar-refractivity contribution >= 4 is 28.9 Å². The lowest BCUT2D eigenvalue weighted by atomic mass is 10.1. The van der Waals surface area contributed by atoms with E-state index in [9.17, 15) is 4.79 Å². The van der Waals surface area contributed by atoms with Crippen LogP contribution in [0.4, 0.5) is 11.4 Å². The number of nitrogens with two attached hydrogens (primary N) is 1. The lowest BCUT2D eigenvalue weighted by Crippen LogP contribution is -2.15. The number of carbonyl (C=O) groups excluding carboxylic acids is 1. The van der Waals surface area contributed by atoms with Crippen molar-refractivity contribution in [2.24, 2.45) is 0 Å². The summed E-state index contributed by atoms with van der Waals surface area (Å²) in [5, 5.41) is 2.99. The zero-order valence-corrected chi connectivity index (χ0v) is 10.9. The number of nitrogens with zero attached hydrogens (tertiary/aromatic N) is 1. The van der Waals surface area contributed by atoms with Crippen LogP contribution >= 0.6 is 11.6 Å². The van der Waals surface area contributed by atoms with Crippen molar-refractivity contribution in [1.29, 1.82) is 0 Å². The summed E-state index contributed by atoms with van der Waals surface area (Å²) < 4.78 is 5.13. The molecule has 1 aromatic heterocycles. The van der Waals surface area contributed by atoms with E-state index in [4.69, 9.17) is 22.1 Å². The molecule has 2 rings (SSSR count). The van der Waals surface area contributed by atoms with Gasteiger partial charge in [0.25, 0.3) is 5.91 Å². The molecular weight excluding hydrogens is 266 g/mol. The summed E-state index contributed by atoms with van der Waals surface area (Å²) >= 11 is 5.75. The Morgan fingerprint density at radius 3 is 2.89 bits per heavy atom. The Labute approximate surface area is 115 Å². The molecule has 0 aliphatic heterocycles. The number of methoxy groups -OCH3 is 1. The molecule has 19 heavy (non-hydrogen) atoms. The Morgan fingerprint density at radius 2 is 2.21 bits per heavy atom. The van der Waals surface area contributed by atoms with Crippen molar-refractivity contribution in [3.05, 3.63) is 47.2 Å². The average molecular weight is 278 g/mol. The standard InChI is InChI=1S/C13H12ClN3O2/c1-19-10-4-2-3-9(15)12(10)13(18)17-8-5-6-16-11(14)7-8/h2-7H,15H2,1H3,(H,16,17,18). The van der Waals surface area contributed by atoms with Crippen LogP contribution in [-0.2, 0) is 0 Å². The number of benzene rings is 1. The highest BCUT2D eigenvalue weighted by molar-refractivity contribution is 6.29. The SMILES string of the molecule is COc1cccc(N)c1C(=O)Nc1ccnc(Cl)c1. The predicted octanol–water partition coefficient (Wildman–Crippen LogP) is 2.58. The lowest BCUT2D eigenvalue weighted by molar-refractivity contribution is 0.102. The van der Waals surface area contributed by atoms with Gasteiger partial charge in [0.2, 0.25) is 0 Å². The second-order valence-corrected chi connectivity index (χ2v) is 4.13. The number of aromatic nitrogens is 1. The second-order valence-electron chi connectivity index (χ2n) is 3.75. The van der Waals surface area contributed by atoms with Crippen molar-refractivity contribution < 1.29 is 9.53 Å². The third kappa shape index (κ3) is 2.95. The number of carbonyl (C=O) groups is 1. The summed E-state index contributed by atoms with van der Waals surface area (Å²) in [5.74, 6) is 0.0508. The van der Waals surface area contributed by atoms with E-state index in [1.807, 2.05) is 0 Å². The van der Waals surface area contributed by atoms with Gasteiger partial charge in [-0.3, -0.25) is 4.79 Å². The van der Waals surface area contributed by atoms with E-state index >= 15 is 0 Å². The molecular formula is C13H12ClN3O2. The van der Waals surface area contributed by atoms with Gasteiger partial charge in [0.15, 0.2) is 0 Å². The fraction of sp³-hybridized carbons (Fsp3) is 0.0769. The van der Waals surface area contributed by atoms with E-state index in [2.05, 4.69) is 10.3 Å². The molecule has 0 spiro atoms.